The van der Waals surface area contributed by atoms with Crippen molar-refractivity contribution in [2.45, 2.75) is 44.8 Å². The third-order valence-electron chi connectivity index (χ3n) is 3.26. The molecule has 6 heteroatoms. The van der Waals surface area contributed by atoms with Crippen molar-refractivity contribution >= 4 is 11.7 Å². The van der Waals surface area contributed by atoms with Gasteiger partial charge >= 0.3 is 0 Å². The number of methoxy groups -OCH3 is 1. The molecule has 6 nitrogen and oxygen atoms in total. The first-order chi connectivity index (χ1) is 8.12. The van der Waals surface area contributed by atoms with Crippen LogP contribution < -0.4 is 11.1 Å². The Balaban J connectivity index is 2.48. The van der Waals surface area contributed by atoms with Crippen LogP contribution in [0.15, 0.2) is 5.16 Å². The molecule has 0 heterocycles. The lowest BCUT2D eigenvalue weighted by molar-refractivity contribution is -0.123. The van der Waals surface area contributed by atoms with E-state index in [0.29, 0.717) is 6.42 Å². The summed E-state index contributed by atoms with van der Waals surface area (Å²) in [6.45, 7) is 1.83. The maximum atomic E-state index is 11.9. The first-order valence-corrected chi connectivity index (χ1v) is 5.92. The Bertz CT molecular complexity index is 294. The van der Waals surface area contributed by atoms with Crippen molar-refractivity contribution in [3.05, 3.63) is 0 Å². The van der Waals surface area contributed by atoms with Crippen molar-refractivity contribution in [3.8, 4) is 0 Å². The molecule has 0 aromatic rings. The number of oxime groups is 1. The summed E-state index contributed by atoms with van der Waals surface area (Å²) in [4.78, 5) is 11.9. The molecule has 0 spiro atoms. The van der Waals surface area contributed by atoms with E-state index in [-0.39, 0.29) is 23.9 Å². The summed E-state index contributed by atoms with van der Waals surface area (Å²) in [6, 6.07) is 0.132. The summed E-state index contributed by atoms with van der Waals surface area (Å²) >= 11 is 0. The van der Waals surface area contributed by atoms with Gasteiger partial charge in [0, 0.05) is 13.2 Å². The zero-order chi connectivity index (χ0) is 12.8. The number of rotatable bonds is 5. The highest BCUT2D eigenvalue weighted by Gasteiger charge is 2.29. The second kappa shape index (κ2) is 6.44. The van der Waals surface area contributed by atoms with Gasteiger partial charge in [-0.15, -0.1) is 0 Å². The van der Waals surface area contributed by atoms with Crippen molar-refractivity contribution in [1.29, 1.82) is 0 Å². The van der Waals surface area contributed by atoms with E-state index in [1.165, 1.54) is 0 Å². The second-order valence-electron chi connectivity index (χ2n) is 4.36. The van der Waals surface area contributed by atoms with E-state index in [4.69, 9.17) is 15.7 Å². The SMILES string of the molecule is CCC(C(=O)NC1CCC(OC)C1)C(N)=NO. The molecule has 17 heavy (non-hydrogen) atoms. The monoisotopic (exact) mass is 243 g/mol. The highest BCUT2D eigenvalue weighted by Crippen LogP contribution is 2.21. The van der Waals surface area contributed by atoms with Crippen LogP contribution in [-0.2, 0) is 9.53 Å². The summed E-state index contributed by atoms with van der Waals surface area (Å²) in [5, 5.41) is 14.4. The highest BCUT2D eigenvalue weighted by molar-refractivity contribution is 6.02. The zero-order valence-electron chi connectivity index (χ0n) is 10.3. The van der Waals surface area contributed by atoms with Crippen molar-refractivity contribution in [1.82, 2.24) is 5.32 Å². The molecule has 1 saturated carbocycles. The molecule has 0 saturated heterocycles. The molecule has 3 unspecified atom stereocenters. The summed E-state index contributed by atoms with van der Waals surface area (Å²) in [5.41, 5.74) is 5.47. The fourth-order valence-corrected chi connectivity index (χ4v) is 2.19. The molecule has 0 aromatic heterocycles. The third kappa shape index (κ3) is 3.59. The molecule has 0 aromatic carbocycles. The van der Waals surface area contributed by atoms with Crippen LogP contribution in [0.4, 0.5) is 0 Å². The summed E-state index contributed by atoms with van der Waals surface area (Å²) in [6.07, 6.45) is 3.44. The number of nitrogens with two attached hydrogens (primary N) is 1. The number of amides is 1. The molecule has 3 atom stereocenters. The van der Waals surface area contributed by atoms with Gasteiger partial charge in [-0.05, 0) is 25.7 Å². The van der Waals surface area contributed by atoms with Crippen LogP contribution in [0.3, 0.4) is 0 Å². The van der Waals surface area contributed by atoms with E-state index in [0.717, 1.165) is 19.3 Å². The molecule has 4 N–H and O–H groups in total. The van der Waals surface area contributed by atoms with Crippen LogP contribution in [0, 0.1) is 5.92 Å². The second-order valence-corrected chi connectivity index (χ2v) is 4.36. The minimum atomic E-state index is -0.554. The number of carbonyl (C=O) groups excluding carboxylic acids is 1. The number of hydrogen-bond donors (Lipinski definition) is 3. The van der Waals surface area contributed by atoms with E-state index in [9.17, 15) is 4.79 Å². The predicted molar refractivity (Wildman–Crippen MR) is 63.8 cm³/mol. The maximum Gasteiger partial charge on any atom is 0.231 e. The first-order valence-electron chi connectivity index (χ1n) is 5.92. The first kappa shape index (κ1) is 13.8. The Morgan fingerprint density at radius 2 is 2.35 bits per heavy atom. The van der Waals surface area contributed by atoms with Gasteiger partial charge in [-0.25, -0.2) is 0 Å². The third-order valence-corrected chi connectivity index (χ3v) is 3.26. The highest BCUT2D eigenvalue weighted by atomic mass is 16.5. The lowest BCUT2D eigenvalue weighted by Crippen LogP contribution is -2.42. The smallest absolute Gasteiger partial charge is 0.231 e. The van der Waals surface area contributed by atoms with Gasteiger partial charge in [-0.2, -0.15) is 0 Å². The normalized spacial score (nSPS) is 26.8. The number of nitrogens with one attached hydrogen (secondary N) is 1. The Morgan fingerprint density at radius 3 is 2.82 bits per heavy atom. The van der Waals surface area contributed by atoms with Crippen molar-refractivity contribution in [2.24, 2.45) is 16.8 Å². The maximum absolute atomic E-state index is 11.9. The average molecular weight is 243 g/mol. The van der Waals surface area contributed by atoms with Crippen LogP contribution in [0.25, 0.3) is 0 Å². The Hall–Kier alpha value is -1.30. The van der Waals surface area contributed by atoms with E-state index in [1.54, 1.807) is 7.11 Å². The van der Waals surface area contributed by atoms with Crippen LogP contribution in [0.2, 0.25) is 0 Å². The van der Waals surface area contributed by atoms with Crippen LogP contribution >= 0.6 is 0 Å². The van der Waals surface area contributed by atoms with E-state index < -0.39 is 5.92 Å². The van der Waals surface area contributed by atoms with E-state index in [2.05, 4.69) is 10.5 Å². The number of amidine groups is 1. The molecular weight excluding hydrogens is 222 g/mol. The average Bonchev–Trinajstić information content (AvgIpc) is 2.77. The van der Waals surface area contributed by atoms with E-state index in [1.807, 2.05) is 6.92 Å². The summed E-state index contributed by atoms with van der Waals surface area (Å²) in [5.74, 6) is -0.766. The fourth-order valence-electron chi connectivity index (χ4n) is 2.19. The molecule has 1 rings (SSSR count). The minimum Gasteiger partial charge on any atom is -0.409 e. The lowest BCUT2D eigenvalue weighted by atomic mass is 10.0. The van der Waals surface area contributed by atoms with Gasteiger partial charge in [-0.1, -0.05) is 12.1 Å². The number of nitrogens with zero attached hydrogens (tertiary/aromatic N) is 1. The predicted octanol–water partition coefficient (Wildman–Crippen LogP) is 0.443. The fraction of sp³-hybridized carbons (Fsp3) is 0.818. The Kier molecular flexibility index (Phi) is 5.21. The summed E-state index contributed by atoms with van der Waals surface area (Å²) < 4.78 is 5.24. The zero-order valence-corrected chi connectivity index (χ0v) is 10.3. The Labute approximate surface area is 101 Å². The van der Waals surface area contributed by atoms with Crippen molar-refractivity contribution in [2.75, 3.05) is 7.11 Å². The van der Waals surface area contributed by atoms with Crippen LogP contribution in [0.1, 0.15) is 32.6 Å². The number of ether oxygens (including phenoxy) is 1. The van der Waals surface area contributed by atoms with Gasteiger partial charge in [0.15, 0.2) is 5.84 Å². The van der Waals surface area contributed by atoms with Gasteiger partial charge in [-0.3, -0.25) is 4.79 Å². The Morgan fingerprint density at radius 1 is 1.65 bits per heavy atom. The molecular formula is C11H21N3O3. The van der Waals surface area contributed by atoms with Gasteiger partial charge in [0.1, 0.15) is 0 Å². The molecule has 98 valence electrons. The topological polar surface area (TPSA) is 96.9 Å². The minimum absolute atomic E-state index is 0.0358. The summed E-state index contributed by atoms with van der Waals surface area (Å²) in [7, 11) is 1.68. The number of carbonyl (C=O) groups is 1. The van der Waals surface area contributed by atoms with Gasteiger partial charge in [0.05, 0.1) is 12.0 Å². The lowest BCUT2D eigenvalue weighted by Gasteiger charge is -2.17. The standard InChI is InChI=1S/C11H21N3O3/c1-3-9(10(12)14-16)11(15)13-7-4-5-8(6-7)17-2/h7-9,16H,3-6H2,1-2H3,(H2,12,14)(H,13,15). The van der Waals surface area contributed by atoms with Crippen molar-refractivity contribution < 1.29 is 14.7 Å². The molecule has 1 fully saturated rings. The van der Waals surface area contributed by atoms with Crippen LogP contribution in [0.5, 0.6) is 0 Å². The van der Waals surface area contributed by atoms with Gasteiger partial charge < -0.3 is 21.0 Å². The molecule has 0 aliphatic heterocycles. The molecule has 1 aliphatic rings. The van der Waals surface area contributed by atoms with Gasteiger partial charge in [0.2, 0.25) is 5.91 Å². The van der Waals surface area contributed by atoms with Gasteiger partial charge in [0.25, 0.3) is 0 Å². The van der Waals surface area contributed by atoms with E-state index >= 15 is 0 Å². The molecule has 1 amide bonds. The number of hydrogen-bond acceptors (Lipinski definition) is 4. The van der Waals surface area contributed by atoms with Crippen molar-refractivity contribution in [3.63, 3.8) is 0 Å². The largest absolute Gasteiger partial charge is 0.409 e. The molecule has 0 radical (unpaired) electrons. The molecule has 1 aliphatic carbocycles. The quantitative estimate of drug-likeness (QED) is 0.282. The van der Waals surface area contributed by atoms with Crippen LogP contribution in [-0.4, -0.2) is 36.2 Å². The molecule has 0 bridgehead atoms.